The van der Waals surface area contributed by atoms with Crippen LogP contribution in [0.4, 0.5) is 0 Å². The maximum Gasteiger partial charge on any atom is 0.242 e. The minimum Gasteiger partial charge on any atom is -0.357 e. The van der Waals surface area contributed by atoms with E-state index in [0.717, 1.165) is 10.5 Å². The number of carbonyl (C=O) groups excluding carboxylic acids is 2. The van der Waals surface area contributed by atoms with Gasteiger partial charge in [0.15, 0.2) is 0 Å². The van der Waals surface area contributed by atoms with Crippen LogP contribution in [-0.2, 0) is 16.1 Å². The maximum absolute atomic E-state index is 12.8. The lowest BCUT2D eigenvalue weighted by molar-refractivity contribution is -0.138. The van der Waals surface area contributed by atoms with Gasteiger partial charge in [0.1, 0.15) is 6.04 Å². The van der Waals surface area contributed by atoms with E-state index in [9.17, 15) is 9.59 Å². The van der Waals surface area contributed by atoms with Gasteiger partial charge in [-0.2, -0.15) is 0 Å². The fourth-order valence-electron chi connectivity index (χ4n) is 2.34. The van der Waals surface area contributed by atoms with Gasteiger partial charge >= 0.3 is 0 Å². The van der Waals surface area contributed by atoms with Gasteiger partial charge in [0, 0.05) is 28.5 Å². The van der Waals surface area contributed by atoms with Gasteiger partial charge in [-0.15, -0.1) is 11.8 Å². The third-order valence-electron chi connectivity index (χ3n) is 3.86. The van der Waals surface area contributed by atoms with Crippen LogP contribution >= 0.6 is 35.0 Å². The number of rotatable bonds is 7. The molecule has 0 saturated carbocycles. The summed E-state index contributed by atoms with van der Waals surface area (Å²) in [6.45, 7) is 2.06. The van der Waals surface area contributed by atoms with Gasteiger partial charge in [0.2, 0.25) is 11.8 Å². The van der Waals surface area contributed by atoms with Gasteiger partial charge in [-0.25, -0.2) is 0 Å². The predicted octanol–water partition coefficient (Wildman–Crippen LogP) is 4.25. The summed E-state index contributed by atoms with van der Waals surface area (Å²) >= 11 is 13.2. The summed E-state index contributed by atoms with van der Waals surface area (Å²) in [5.74, 6) is -0.0869. The van der Waals surface area contributed by atoms with Gasteiger partial charge in [-0.1, -0.05) is 35.3 Å². The van der Waals surface area contributed by atoms with Gasteiger partial charge in [-0.05, 0) is 48.9 Å². The zero-order valence-electron chi connectivity index (χ0n) is 14.5. The molecule has 0 saturated heterocycles. The van der Waals surface area contributed by atoms with E-state index in [1.165, 1.54) is 11.8 Å². The van der Waals surface area contributed by atoms with Gasteiger partial charge < -0.3 is 10.2 Å². The lowest BCUT2D eigenvalue weighted by Crippen LogP contribution is -2.47. The molecule has 1 atom stereocenters. The van der Waals surface area contributed by atoms with Crippen LogP contribution in [-0.4, -0.2) is 35.6 Å². The Morgan fingerprint density at radius 3 is 2.12 bits per heavy atom. The second kappa shape index (κ2) is 9.86. The number of nitrogens with zero attached hydrogens (tertiary/aromatic N) is 1. The van der Waals surface area contributed by atoms with Crippen molar-refractivity contribution >= 4 is 46.8 Å². The molecule has 4 nitrogen and oxygen atoms in total. The zero-order chi connectivity index (χ0) is 19.1. The minimum absolute atomic E-state index is 0.115. The second-order valence-corrected chi connectivity index (χ2v) is 7.60. The molecule has 2 amide bonds. The Morgan fingerprint density at radius 2 is 1.58 bits per heavy atom. The molecular weight excluding hydrogens is 391 g/mol. The summed E-state index contributed by atoms with van der Waals surface area (Å²) in [5, 5.41) is 3.88. The summed E-state index contributed by atoms with van der Waals surface area (Å²) in [5.41, 5.74) is 0.912. The van der Waals surface area contributed by atoms with Crippen molar-refractivity contribution in [2.45, 2.75) is 24.4 Å². The van der Waals surface area contributed by atoms with E-state index in [2.05, 4.69) is 5.32 Å². The Morgan fingerprint density at radius 1 is 1.04 bits per heavy atom. The summed E-state index contributed by atoms with van der Waals surface area (Å²) in [7, 11) is 1.56. The highest BCUT2D eigenvalue weighted by Crippen LogP contribution is 2.22. The smallest absolute Gasteiger partial charge is 0.242 e. The fourth-order valence-corrected chi connectivity index (χ4v) is 3.37. The molecule has 2 aromatic carbocycles. The number of halogens is 2. The quantitative estimate of drug-likeness (QED) is 0.693. The third kappa shape index (κ3) is 5.94. The van der Waals surface area contributed by atoms with E-state index in [1.807, 2.05) is 24.3 Å². The van der Waals surface area contributed by atoms with Crippen molar-refractivity contribution in [3.8, 4) is 0 Å². The van der Waals surface area contributed by atoms with E-state index >= 15 is 0 Å². The molecule has 0 spiro atoms. The summed E-state index contributed by atoms with van der Waals surface area (Å²) in [6.07, 6.45) is 0. The third-order valence-corrected chi connectivity index (χ3v) is 5.36. The Kier molecular flexibility index (Phi) is 7.82. The van der Waals surface area contributed by atoms with Crippen LogP contribution in [0.5, 0.6) is 0 Å². The first kappa shape index (κ1) is 20.6. The van der Waals surface area contributed by atoms with E-state index in [0.29, 0.717) is 16.6 Å². The predicted molar refractivity (Wildman–Crippen MR) is 108 cm³/mol. The molecule has 0 heterocycles. The molecule has 0 aromatic heterocycles. The number of likely N-dealkylation sites (N-methyl/N-ethyl adjacent to an activating group) is 1. The van der Waals surface area contributed by atoms with Crippen molar-refractivity contribution in [3.05, 3.63) is 64.1 Å². The Labute approximate surface area is 167 Å². The van der Waals surface area contributed by atoms with Crippen molar-refractivity contribution in [2.75, 3.05) is 12.8 Å². The molecule has 138 valence electrons. The number of benzene rings is 2. The molecule has 0 fully saturated rings. The summed E-state index contributed by atoms with van der Waals surface area (Å²) < 4.78 is 0. The van der Waals surface area contributed by atoms with Crippen LogP contribution in [0.15, 0.2) is 53.4 Å². The van der Waals surface area contributed by atoms with Crippen LogP contribution in [0.1, 0.15) is 12.5 Å². The van der Waals surface area contributed by atoms with Crippen molar-refractivity contribution in [3.63, 3.8) is 0 Å². The monoisotopic (exact) mass is 410 g/mol. The minimum atomic E-state index is -0.575. The normalized spacial score (nSPS) is 11.7. The van der Waals surface area contributed by atoms with Gasteiger partial charge in [0.25, 0.3) is 0 Å². The highest BCUT2D eigenvalue weighted by Gasteiger charge is 2.25. The Bertz CT molecular complexity index is 751. The molecule has 0 aliphatic heterocycles. The van der Waals surface area contributed by atoms with Crippen LogP contribution < -0.4 is 5.32 Å². The molecule has 7 heteroatoms. The lowest BCUT2D eigenvalue weighted by Gasteiger charge is -2.28. The Balaban J connectivity index is 2.10. The average molecular weight is 411 g/mol. The number of amides is 2. The number of hydrogen-bond donors (Lipinski definition) is 1. The van der Waals surface area contributed by atoms with Crippen LogP contribution in [0.25, 0.3) is 0 Å². The highest BCUT2D eigenvalue weighted by atomic mass is 35.5. The van der Waals surface area contributed by atoms with Crippen molar-refractivity contribution in [1.29, 1.82) is 0 Å². The van der Waals surface area contributed by atoms with Crippen molar-refractivity contribution in [2.24, 2.45) is 0 Å². The first-order valence-corrected chi connectivity index (χ1v) is 9.78. The molecule has 0 aliphatic rings. The molecule has 0 radical (unpaired) electrons. The van der Waals surface area contributed by atoms with Crippen LogP contribution in [0, 0.1) is 0 Å². The highest BCUT2D eigenvalue weighted by molar-refractivity contribution is 8.00. The second-order valence-electron chi connectivity index (χ2n) is 5.68. The first-order valence-electron chi connectivity index (χ1n) is 8.04. The van der Waals surface area contributed by atoms with Crippen LogP contribution in [0.3, 0.4) is 0 Å². The lowest BCUT2D eigenvalue weighted by atomic mass is 10.1. The standard InChI is InChI=1S/C19H20Cl2N2O2S/c1-13(19(25)22-2)23(11-14-3-5-15(20)6-4-14)18(24)12-26-17-9-7-16(21)8-10-17/h3-10,13H,11-12H2,1-2H3,(H,22,25)/t13-/m0/s1. The van der Waals surface area contributed by atoms with E-state index in [4.69, 9.17) is 23.2 Å². The molecule has 0 unspecified atom stereocenters. The SMILES string of the molecule is CNC(=O)[C@H](C)N(Cc1ccc(Cl)cc1)C(=O)CSc1ccc(Cl)cc1. The number of thioether (sulfide) groups is 1. The average Bonchev–Trinajstić information content (AvgIpc) is 2.65. The number of carbonyl (C=O) groups is 2. The summed E-state index contributed by atoms with van der Waals surface area (Å²) in [6, 6.07) is 14.0. The van der Waals surface area contributed by atoms with E-state index < -0.39 is 6.04 Å². The molecule has 2 rings (SSSR count). The molecule has 2 aromatic rings. The van der Waals surface area contributed by atoms with Gasteiger partial charge in [0.05, 0.1) is 5.75 Å². The molecule has 26 heavy (non-hydrogen) atoms. The Hall–Kier alpha value is -1.69. The van der Waals surface area contributed by atoms with E-state index in [-0.39, 0.29) is 17.6 Å². The zero-order valence-corrected chi connectivity index (χ0v) is 16.9. The topological polar surface area (TPSA) is 49.4 Å². The maximum atomic E-state index is 12.8. The summed E-state index contributed by atoms with van der Waals surface area (Å²) in [4.78, 5) is 27.4. The first-order chi connectivity index (χ1) is 12.4. The fraction of sp³-hybridized carbons (Fsp3) is 0.263. The van der Waals surface area contributed by atoms with Crippen molar-refractivity contribution < 1.29 is 9.59 Å². The largest absolute Gasteiger partial charge is 0.357 e. The molecule has 0 bridgehead atoms. The number of hydrogen-bond acceptors (Lipinski definition) is 3. The van der Waals surface area contributed by atoms with Crippen molar-refractivity contribution in [1.82, 2.24) is 10.2 Å². The molecular formula is C19H20Cl2N2O2S. The number of nitrogens with one attached hydrogen (secondary N) is 1. The molecule has 1 N–H and O–H groups in total. The van der Waals surface area contributed by atoms with Gasteiger partial charge in [-0.3, -0.25) is 9.59 Å². The molecule has 0 aliphatic carbocycles. The van der Waals surface area contributed by atoms with E-state index in [1.54, 1.807) is 43.1 Å². The van der Waals surface area contributed by atoms with Crippen LogP contribution in [0.2, 0.25) is 10.0 Å².